The van der Waals surface area contributed by atoms with E-state index in [0.29, 0.717) is 0 Å². The van der Waals surface area contributed by atoms with Gasteiger partial charge in [-0.25, -0.2) is 0 Å². The zero-order valence-corrected chi connectivity index (χ0v) is 19.8. The van der Waals surface area contributed by atoms with Crippen molar-refractivity contribution in [3.8, 4) is 0 Å². The average molecular weight is 447 g/mol. The largest absolute Gasteiger partial charge is 0.481 e. The summed E-state index contributed by atoms with van der Waals surface area (Å²) in [7, 11) is 0. The molecule has 5 rings (SSSR count). The van der Waals surface area contributed by atoms with Crippen LogP contribution in [0.3, 0.4) is 0 Å². The lowest BCUT2D eigenvalue weighted by Gasteiger charge is -2.37. The summed E-state index contributed by atoms with van der Waals surface area (Å²) in [5.74, 6) is -0.733. The highest BCUT2D eigenvalue weighted by Crippen LogP contribution is 2.50. The molecule has 0 aromatic heterocycles. The van der Waals surface area contributed by atoms with E-state index >= 15 is 0 Å². The zero-order chi connectivity index (χ0) is 22.7. The van der Waals surface area contributed by atoms with Crippen LogP contribution in [-0.4, -0.2) is 53.6 Å². The minimum Gasteiger partial charge on any atom is -0.481 e. The highest BCUT2D eigenvalue weighted by molar-refractivity contribution is 5.70. The predicted molar refractivity (Wildman–Crippen MR) is 133 cm³/mol. The normalized spacial score (nSPS) is 25.9. The van der Waals surface area contributed by atoms with Crippen LogP contribution in [0, 0.1) is 5.92 Å². The lowest BCUT2D eigenvalue weighted by Crippen LogP contribution is -2.46. The summed E-state index contributed by atoms with van der Waals surface area (Å²) >= 11 is 0. The maximum Gasteiger partial charge on any atom is 0.306 e. The molecule has 2 aromatic rings. The van der Waals surface area contributed by atoms with E-state index in [1.54, 1.807) is 5.56 Å². The van der Waals surface area contributed by atoms with E-state index in [1.807, 2.05) is 0 Å². The Kier molecular flexibility index (Phi) is 6.84. The van der Waals surface area contributed by atoms with Gasteiger partial charge < -0.3 is 10.0 Å². The van der Waals surface area contributed by atoms with Gasteiger partial charge in [0.2, 0.25) is 0 Å². The first kappa shape index (κ1) is 22.6. The van der Waals surface area contributed by atoms with Crippen molar-refractivity contribution in [1.29, 1.82) is 0 Å². The second kappa shape index (κ2) is 9.99. The van der Waals surface area contributed by atoms with Gasteiger partial charge in [0.25, 0.3) is 0 Å². The number of rotatable bonds is 7. The second-order valence-electron chi connectivity index (χ2n) is 10.6. The zero-order valence-electron chi connectivity index (χ0n) is 19.8. The van der Waals surface area contributed by atoms with E-state index in [9.17, 15) is 9.90 Å². The van der Waals surface area contributed by atoms with Crippen LogP contribution in [0.2, 0.25) is 0 Å². The Morgan fingerprint density at radius 2 is 1.64 bits per heavy atom. The number of carboxylic acid groups (broad SMARTS) is 1. The number of benzene rings is 2. The molecule has 1 heterocycles. The molecule has 0 amide bonds. The lowest BCUT2D eigenvalue weighted by molar-refractivity contribution is -0.143. The quantitative estimate of drug-likeness (QED) is 0.657. The van der Waals surface area contributed by atoms with Crippen molar-refractivity contribution in [2.45, 2.75) is 63.3 Å². The van der Waals surface area contributed by atoms with Crippen molar-refractivity contribution in [2.75, 3.05) is 32.7 Å². The molecule has 4 nitrogen and oxygen atoms in total. The van der Waals surface area contributed by atoms with Crippen LogP contribution in [0.4, 0.5) is 0 Å². The monoisotopic (exact) mass is 446 g/mol. The molecule has 1 aliphatic heterocycles. The maximum absolute atomic E-state index is 11.4. The van der Waals surface area contributed by atoms with Crippen LogP contribution in [0.15, 0.2) is 48.5 Å². The Hall–Kier alpha value is -2.17. The number of carbonyl (C=O) groups is 1. The van der Waals surface area contributed by atoms with Crippen LogP contribution >= 0.6 is 0 Å². The van der Waals surface area contributed by atoms with E-state index in [-0.39, 0.29) is 11.3 Å². The van der Waals surface area contributed by atoms with Crippen molar-refractivity contribution >= 4 is 5.97 Å². The number of hydrogen-bond acceptors (Lipinski definition) is 3. The fourth-order valence-corrected chi connectivity index (χ4v) is 6.46. The van der Waals surface area contributed by atoms with Gasteiger partial charge in [-0.05, 0) is 85.6 Å². The van der Waals surface area contributed by atoms with Gasteiger partial charge in [0.05, 0.1) is 5.92 Å². The SMILES string of the molecule is O=C(O)C1CCC2(CCc3ccc(CN4CCN(CCCc5ccccc5)CC4)cc32)CC1. The van der Waals surface area contributed by atoms with Gasteiger partial charge >= 0.3 is 5.97 Å². The topological polar surface area (TPSA) is 43.8 Å². The number of aliphatic carboxylic acids is 1. The average Bonchev–Trinajstić information content (AvgIpc) is 3.18. The van der Waals surface area contributed by atoms with Crippen LogP contribution in [-0.2, 0) is 29.6 Å². The van der Waals surface area contributed by atoms with Gasteiger partial charge in [-0.1, -0.05) is 48.5 Å². The molecule has 1 saturated carbocycles. The van der Waals surface area contributed by atoms with Crippen LogP contribution < -0.4 is 0 Å². The summed E-state index contributed by atoms with van der Waals surface area (Å²) in [5, 5.41) is 9.40. The molecule has 1 N–H and O–H groups in total. The van der Waals surface area contributed by atoms with E-state index in [2.05, 4.69) is 58.3 Å². The van der Waals surface area contributed by atoms with Crippen molar-refractivity contribution in [2.24, 2.45) is 5.92 Å². The smallest absolute Gasteiger partial charge is 0.306 e. The lowest BCUT2D eigenvalue weighted by atomic mass is 9.67. The molecule has 33 heavy (non-hydrogen) atoms. The van der Waals surface area contributed by atoms with Crippen molar-refractivity contribution in [1.82, 2.24) is 9.80 Å². The van der Waals surface area contributed by atoms with Crippen molar-refractivity contribution in [3.05, 3.63) is 70.8 Å². The van der Waals surface area contributed by atoms with Gasteiger partial charge in [-0.2, -0.15) is 0 Å². The minimum absolute atomic E-state index is 0.133. The number of carboxylic acids is 1. The molecule has 1 saturated heterocycles. The molecule has 176 valence electrons. The highest BCUT2D eigenvalue weighted by Gasteiger charge is 2.42. The molecule has 2 fully saturated rings. The van der Waals surface area contributed by atoms with Gasteiger partial charge in [0, 0.05) is 32.7 Å². The number of fused-ring (bicyclic) bond motifs is 2. The molecule has 0 unspecified atom stereocenters. The Balaban J connectivity index is 1.12. The first-order chi connectivity index (χ1) is 16.1. The summed E-state index contributed by atoms with van der Waals surface area (Å²) in [6.07, 6.45) is 8.54. The van der Waals surface area contributed by atoms with E-state index in [0.717, 1.165) is 51.7 Å². The van der Waals surface area contributed by atoms with Crippen molar-refractivity contribution < 1.29 is 9.90 Å². The Bertz CT molecular complexity index is 941. The summed E-state index contributed by atoms with van der Waals surface area (Å²) in [5.41, 5.74) is 6.18. The Labute approximate surface area is 198 Å². The van der Waals surface area contributed by atoms with E-state index < -0.39 is 5.97 Å². The number of nitrogens with zero attached hydrogens (tertiary/aromatic N) is 2. The molecule has 3 aliphatic rings. The third kappa shape index (κ3) is 5.17. The Morgan fingerprint density at radius 1 is 0.909 bits per heavy atom. The third-order valence-corrected chi connectivity index (χ3v) is 8.56. The van der Waals surface area contributed by atoms with E-state index in [1.165, 1.54) is 55.6 Å². The number of hydrogen-bond donors (Lipinski definition) is 1. The van der Waals surface area contributed by atoms with Crippen LogP contribution in [0.25, 0.3) is 0 Å². The van der Waals surface area contributed by atoms with Crippen LogP contribution in [0.1, 0.15) is 60.8 Å². The first-order valence-electron chi connectivity index (χ1n) is 13.0. The Morgan fingerprint density at radius 3 is 2.36 bits per heavy atom. The molecule has 0 radical (unpaired) electrons. The molecular formula is C29H38N2O2. The number of aryl methyl sites for hydroxylation is 2. The van der Waals surface area contributed by atoms with Gasteiger partial charge in [-0.15, -0.1) is 0 Å². The maximum atomic E-state index is 11.4. The number of piperazine rings is 1. The van der Waals surface area contributed by atoms with E-state index in [4.69, 9.17) is 0 Å². The molecular weight excluding hydrogens is 408 g/mol. The molecule has 0 bridgehead atoms. The molecule has 2 aliphatic carbocycles. The predicted octanol–water partition coefficient (Wildman–Crippen LogP) is 4.90. The van der Waals surface area contributed by atoms with Gasteiger partial charge in [-0.3, -0.25) is 9.69 Å². The molecule has 0 atom stereocenters. The summed E-state index contributed by atoms with van der Waals surface area (Å²) in [6.45, 7) is 6.86. The summed E-state index contributed by atoms with van der Waals surface area (Å²) in [4.78, 5) is 16.6. The fourth-order valence-electron chi connectivity index (χ4n) is 6.46. The first-order valence-corrected chi connectivity index (χ1v) is 13.0. The fraction of sp³-hybridized carbons (Fsp3) is 0.552. The second-order valence-corrected chi connectivity index (χ2v) is 10.6. The molecule has 2 aromatic carbocycles. The van der Waals surface area contributed by atoms with Crippen LogP contribution in [0.5, 0.6) is 0 Å². The minimum atomic E-state index is -0.601. The summed E-state index contributed by atoms with van der Waals surface area (Å²) < 4.78 is 0. The standard InChI is InChI=1S/C29H38N2O2/c32-28(33)26-11-14-29(15-12-26)13-10-25-9-8-24(21-27(25)29)22-31-19-17-30(18-20-31)16-4-7-23-5-2-1-3-6-23/h1-3,5-6,8-9,21,26H,4,7,10-20,22H2,(H,32,33). The molecule has 4 heteroatoms. The third-order valence-electron chi connectivity index (χ3n) is 8.56. The van der Waals surface area contributed by atoms with Gasteiger partial charge in [0.1, 0.15) is 0 Å². The summed E-state index contributed by atoms with van der Waals surface area (Å²) in [6, 6.07) is 18.0. The van der Waals surface area contributed by atoms with Crippen molar-refractivity contribution in [3.63, 3.8) is 0 Å². The van der Waals surface area contributed by atoms with Gasteiger partial charge in [0.15, 0.2) is 0 Å². The highest BCUT2D eigenvalue weighted by atomic mass is 16.4. The molecule has 1 spiro atoms.